The summed E-state index contributed by atoms with van der Waals surface area (Å²) in [5, 5.41) is 3.24. The molecule has 6 heteroatoms. The summed E-state index contributed by atoms with van der Waals surface area (Å²) in [6.07, 6.45) is 9.45. The van der Waals surface area contributed by atoms with Gasteiger partial charge in [-0.2, -0.15) is 0 Å². The van der Waals surface area contributed by atoms with Gasteiger partial charge >= 0.3 is 0 Å². The minimum atomic E-state index is -0.263. The van der Waals surface area contributed by atoms with Crippen molar-refractivity contribution in [3.63, 3.8) is 0 Å². The number of nitrogens with zero attached hydrogens (tertiary/aromatic N) is 2. The van der Waals surface area contributed by atoms with Crippen LogP contribution in [0.2, 0.25) is 0 Å². The lowest BCUT2D eigenvalue weighted by molar-refractivity contribution is -0.144. The van der Waals surface area contributed by atoms with Gasteiger partial charge in [0.1, 0.15) is 17.6 Å². The number of carbonyl (C=O) groups is 1. The van der Waals surface area contributed by atoms with Crippen molar-refractivity contribution in [2.24, 2.45) is 5.92 Å². The molecule has 1 aromatic carbocycles. The molecule has 0 radical (unpaired) electrons. The fourth-order valence-electron chi connectivity index (χ4n) is 5.51. The van der Waals surface area contributed by atoms with Crippen LogP contribution >= 0.6 is 0 Å². The summed E-state index contributed by atoms with van der Waals surface area (Å²) >= 11 is 0. The van der Waals surface area contributed by atoms with Gasteiger partial charge in [-0.05, 0) is 57.6 Å². The predicted molar refractivity (Wildman–Crippen MR) is 116 cm³/mol. The van der Waals surface area contributed by atoms with E-state index in [0.717, 1.165) is 32.2 Å². The van der Waals surface area contributed by atoms with Gasteiger partial charge in [0.15, 0.2) is 0 Å². The van der Waals surface area contributed by atoms with Gasteiger partial charge in [-0.1, -0.05) is 18.9 Å². The summed E-state index contributed by atoms with van der Waals surface area (Å²) < 4.78 is 19.8. The molecule has 1 amide bonds. The molecule has 1 heterocycles. The molecular formula is C24H36FN3O2. The first kappa shape index (κ1) is 21.6. The van der Waals surface area contributed by atoms with E-state index in [0.29, 0.717) is 42.4 Å². The molecule has 5 nitrogen and oxygen atoms in total. The monoisotopic (exact) mass is 417 g/mol. The summed E-state index contributed by atoms with van der Waals surface area (Å²) in [7, 11) is 3.45. The number of halogens is 1. The van der Waals surface area contributed by atoms with Crippen molar-refractivity contribution < 1.29 is 13.9 Å². The fraction of sp³-hybridized carbons (Fsp3) is 0.708. The van der Waals surface area contributed by atoms with E-state index in [-0.39, 0.29) is 17.8 Å². The minimum absolute atomic E-state index is 0.238. The SMILES string of the molecule is CNC[C@H](C(=O)N1CCC[C@H]2CCCC[C@@H]21)N(Cc1ccc(OC)cc1F)C1CC1. The highest BCUT2D eigenvalue weighted by atomic mass is 19.1. The second-order valence-electron chi connectivity index (χ2n) is 9.22. The molecule has 1 aliphatic heterocycles. The number of rotatable bonds is 8. The average Bonchev–Trinajstić information content (AvgIpc) is 3.61. The molecule has 0 unspecified atom stereocenters. The fourth-order valence-corrected chi connectivity index (χ4v) is 5.51. The first-order valence-electron chi connectivity index (χ1n) is 11.7. The molecule has 1 aromatic rings. The van der Waals surface area contributed by atoms with Gasteiger partial charge in [0.05, 0.1) is 7.11 Å². The van der Waals surface area contributed by atoms with Crippen molar-refractivity contribution in [3.05, 3.63) is 29.6 Å². The van der Waals surface area contributed by atoms with Crippen molar-refractivity contribution in [2.75, 3.05) is 27.2 Å². The molecular weight excluding hydrogens is 381 g/mol. The van der Waals surface area contributed by atoms with Gasteiger partial charge in [0.2, 0.25) is 5.91 Å². The zero-order valence-electron chi connectivity index (χ0n) is 18.4. The Balaban J connectivity index is 1.55. The number of carbonyl (C=O) groups excluding carboxylic acids is 1. The smallest absolute Gasteiger partial charge is 0.241 e. The highest BCUT2D eigenvalue weighted by molar-refractivity contribution is 5.82. The summed E-state index contributed by atoms with van der Waals surface area (Å²) in [6, 6.07) is 5.55. The predicted octanol–water partition coefficient (Wildman–Crippen LogP) is 3.57. The Morgan fingerprint density at radius 2 is 2.00 bits per heavy atom. The van der Waals surface area contributed by atoms with Crippen LogP contribution in [0, 0.1) is 11.7 Å². The van der Waals surface area contributed by atoms with Crippen LogP contribution in [0.3, 0.4) is 0 Å². The van der Waals surface area contributed by atoms with Crippen LogP contribution < -0.4 is 10.1 Å². The first-order valence-corrected chi connectivity index (χ1v) is 11.7. The van der Waals surface area contributed by atoms with Gasteiger partial charge in [0, 0.05) is 43.3 Å². The maximum Gasteiger partial charge on any atom is 0.241 e. The number of likely N-dealkylation sites (tertiary alicyclic amines) is 1. The van der Waals surface area contributed by atoms with Gasteiger partial charge in [-0.3, -0.25) is 9.69 Å². The lowest BCUT2D eigenvalue weighted by Crippen LogP contribution is -2.58. The van der Waals surface area contributed by atoms with Crippen LogP contribution in [0.5, 0.6) is 5.75 Å². The maximum atomic E-state index is 14.7. The maximum absolute atomic E-state index is 14.7. The normalized spacial score (nSPS) is 25.1. The third kappa shape index (κ3) is 4.65. The van der Waals surface area contributed by atoms with Crippen molar-refractivity contribution in [1.29, 1.82) is 0 Å². The molecule has 0 aromatic heterocycles. The number of nitrogens with one attached hydrogen (secondary N) is 1. The van der Waals surface area contributed by atoms with Crippen LogP contribution in [-0.4, -0.2) is 61.1 Å². The molecule has 0 spiro atoms. The largest absolute Gasteiger partial charge is 0.497 e. The van der Waals surface area contributed by atoms with Crippen molar-refractivity contribution in [1.82, 2.24) is 15.1 Å². The molecule has 3 fully saturated rings. The van der Waals surface area contributed by atoms with E-state index in [1.165, 1.54) is 31.7 Å². The second kappa shape index (κ2) is 9.65. The Morgan fingerprint density at radius 3 is 2.70 bits per heavy atom. The number of likely N-dealkylation sites (N-methyl/N-ethyl adjacent to an activating group) is 1. The van der Waals surface area contributed by atoms with E-state index in [1.807, 2.05) is 7.05 Å². The molecule has 1 N–H and O–H groups in total. The molecule has 4 rings (SSSR count). The molecule has 2 saturated carbocycles. The van der Waals surface area contributed by atoms with E-state index < -0.39 is 0 Å². The highest BCUT2D eigenvalue weighted by Crippen LogP contribution is 2.37. The summed E-state index contributed by atoms with van der Waals surface area (Å²) in [5.74, 6) is 1.16. The van der Waals surface area contributed by atoms with Crippen LogP contribution in [0.15, 0.2) is 18.2 Å². The Labute approximate surface area is 179 Å². The summed E-state index contributed by atoms with van der Waals surface area (Å²) in [4.78, 5) is 18.3. The molecule has 1 saturated heterocycles. The Morgan fingerprint density at radius 1 is 1.23 bits per heavy atom. The molecule has 3 atom stereocenters. The average molecular weight is 418 g/mol. The van der Waals surface area contributed by atoms with Crippen LogP contribution in [0.1, 0.15) is 56.9 Å². The second-order valence-corrected chi connectivity index (χ2v) is 9.22. The number of piperidine rings is 1. The highest BCUT2D eigenvalue weighted by Gasteiger charge is 2.42. The number of benzene rings is 1. The van der Waals surface area contributed by atoms with Crippen LogP contribution in [0.25, 0.3) is 0 Å². The molecule has 2 aliphatic carbocycles. The van der Waals surface area contributed by atoms with E-state index in [4.69, 9.17) is 4.74 Å². The van der Waals surface area contributed by atoms with Crippen molar-refractivity contribution in [2.45, 2.75) is 76.0 Å². The van der Waals surface area contributed by atoms with Crippen molar-refractivity contribution in [3.8, 4) is 5.75 Å². The van der Waals surface area contributed by atoms with Gasteiger partial charge < -0.3 is 15.0 Å². The van der Waals surface area contributed by atoms with E-state index in [2.05, 4.69) is 15.1 Å². The standard InChI is InChI=1S/C24H36FN3O2/c1-26-15-23(24(29)27-13-5-7-17-6-3-4-8-22(17)27)28(19-10-11-19)16-18-9-12-20(30-2)14-21(18)25/h9,12,14,17,19,22-23,26H,3-8,10-11,13,15-16H2,1-2H3/t17-,22+,23-/m1/s1. The van der Waals surface area contributed by atoms with Gasteiger partial charge in [-0.15, -0.1) is 0 Å². The van der Waals surface area contributed by atoms with Crippen LogP contribution in [0.4, 0.5) is 4.39 Å². The van der Waals surface area contributed by atoms with Gasteiger partial charge in [0.25, 0.3) is 0 Å². The number of ether oxygens (including phenoxy) is 1. The van der Waals surface area contributed by atoms with Crippen LogP contribution in [-0.2, 0) is 11.3 Å². The van der Waals surface area contributed by atoms with E-state index in [1.54, 1.807) is 19.2 Å². The zero-order chi connectivity index (χ0) is 21.1. The lowest BCUT2D eigenvalue weighted by Gasteiger charge is -2.46. The number of fused-ring (bicyclic) bond motifs is 1. The topological polar surface area (TPSA) is 44.8 Å². The Hall–Kier alpha value is -1.66. The molecule has 166 valence electrons. The quantitative estimate of drug-likeness (QED) is 0.702. The third-order valence-electron chi connectivity index (χ3n) is 7.24. The third-order valence-corrected chi connectivity index (χ3v) is 7.24. The van der Waals surface area contributed by atoms with Crippen molar-refractivity contribution >= 4 is 5.91 Å². The molecule has 0 bridgehead atoms. The van der Waals surface area contributed by atoms with E-state index >= 15 is 0 Å². The minimum Gasteiger partial charge on any atom is -0.497 e. The Bertz CT molecular complexity index is 737. The van der Waals surface area contributed by atoms with Gasteiger partial charge in [-0.25, -0.2) is 4.39 Å². The summed E-state index contributed by atoms with van der Waals surface area (Å²) in [6.45, 7) is 1.93. The zero-order valence-corrected chi connectivity index (χ0v) is 18.4. The lowest BCUT2D eigenvalue weighted by atomic mass is 9.78. The Kier molecular flexibility index (Phi) is 6.94. The number of amides is 1. The number of methoxy groups -OCH3 is 1. The first-order chi connectivity index (χ1) is 14.6. The molecule has 30 heavy (non-hydrogen) atoms. The number of hydrogen-bond donors (Lipinski definition) is 1. The van der Waals surface area contributed by atoms with E-state index in [9.17, 15) is 9.18 Å². The number of hydrogen-bond acceptors (Lipinski definition) is 4. The summed E-state index contributed by atoms with van der Waals surface area (Å²) in [5.41, 5.74) is 0.630. The molecule has 3 aliphatic rings.